The van der Waals surface area contributed by atoms with E-state index in [9.17, 15) is 4.79 Å². The standard InChI is InChI=1S/C31H34N6O/c1-3-29(30-33-34-35-37(30)19-17-25-12-8-5-9-13-25)36(18-16-24-10-6-4-7-11-24)22-27-21-26-20-23(2)14-15-28(26)32-31(27)38/h4-15,20-21,29H,3,16-19,22H2,1-2H3,(H,32,38)/t29-/m1/s1. The van der Waals surface area contributed by atoms with Gasteiger partial charge in [-0.3, -0.25) is 9.69 Å². The number of tetrazole rings is 1. The lowest BCUT2D eigenvalue weighted by atomic mass is 10.1. The van der Waals surface area contributed by atoms with Gasteiger partial charge in [0.05, 0.1) is 6.04 Å². The quantitative estimate of drug-likeness (QED) is 0.264. The minimum absolute atomic E-state index is 0.0305. The van der Waals surface area contributed by atoms with E-state index in [2.05, 4.69) is 93.9 Å². The van der Waals surface area contributed by atoms with Gasteiger partial charge in [0.25, 0.3) is 5.56 Å². The molecule has 0 amide bonds. The second kappa shape index (κ2) is 12.0. The lowest BCUT2D eigenvalue weighted by Crippen LogP contribution is -2.34. The topological polar surface area (TPSA) is 79.7 Å². The van der Waals surface area contributed by atoms with Gasteiger partial charge in [-0.05, 0) is 71.3 Å². The minimum atomic E-state index is -0.0513. The van der Waals surface area contributed by atoms with Crippen molar-refractivity contribution in [3.63, 3.8) is 0 Å². The smallest absolute Gasteiger partial charge is 0.252 e. The lowest BCUT2D eigenvalue weighted by Gasteiger charge is -2.30. The molecular formula is C31H34N6O. The zero-order valence-corrected chi connectivity index (χ0v) is 22.0. The van der Waals surface area contributed by atoms with Gasteiger partial charge >= 0.3 is 0 Å². The number of pyridine rings is 1. The van der Waals surface area contributed by atoms with Crippen LogP contribution < -0.4 is 5.56 Å². The Morgan fingerprint density at radius 2 is 1.63 bits per heavy atom. The van der Waals surface area contributed by atoms with Crippen LogP contribution in [-0.2, 0) is 25.9 Å². The second-order valence-corrected chi connectivity index (χ2v) is 9.84. The van der Waals surface area contributed by atoms with Gasteiger partial charge in [0.2, 0.25) is 0 Å². The first-order valence-corrected chi connectivity index (χ1v) is 13.3. The first kappa shape index (κ1) is 25.5. The zero-order valence-electron chi connectivity index (χ0n) is 22.0. The number of hydrogen-bond acceptors (Lipinski definition) is 5. The predicted molar refractivity (Wildman–Crippen MR) is 151 cm³/mol. The fraction of sp³-hybridized carbons (Fsp3) is 0.290. The van der Waals surface area contributed by atoms with Crippen LogP contribution in [0.15, 0.2) is 89.7 Å². The number of H-pyrrole nitrogens is 1. The molecule has 0 unspecified atom stereocenters. The summed E-state index contributed by atoms with van der Waals surface area (Å²) >= 11 is 0. The highest BCUT2D eigenvalue weighted by atomic mass is 16.1. The normalized spacial score (nSPS) is 12.3. The summed E-state index contributed by atoms with van der Waals surface area (Å²) in [7, 11) is 0. The van der Waals surface area contributed by atoms with Gasteiger partial charge in [0.1, 0.15) is 0 Å². The molecule has 2 aromatic heterocycles. The molecule has 0 aliphatic carbocycles. The molecule has 1 N–H and O–H groups in total. The first-order valence-electron chi connectivity index (χ1n) is 13.3. The van der Waals surface area contributed by atoms with E-state index in [-0.39, 0.29) is 11.6 Å². The molecule has 0 spiro atoms. The van der Waals surface area contributed by atoms with Crippen LogP contribution in [0.1, 0.15) is 47.5 Å². The van der Waals surface area contributed by atoms with Gasteiger partial charge in [-0.2, -0.15) is 0 Å². The molecule has 194 valence electrons. The van der Waals surface area contributed by atoms with Gasteiger partial charge in [0, 0.05) is 30.7 Å². The fourth-order valence-corrected chi connectivity index (χ4v) is 5.06. The number of benzene rings is 3. The average Bonchev–Trinajstić information content (AvgIpc) is 3.41. The highest BCUT2D eigenvalue weighted by Crippen LogP contribution is 2.25. The highest BCUT2D eigenvalue weighted by molar-refractivity contribution is 5.79. The van der Waals surface area contributed by atoms with Crippen molar-refractivity contribution in [2.45, 2.75) is 52.2 Å². The van der Waals surface area contributed by atoms with E-state index in [1.807, 2.05) is 35.0 Å². The average molecular weight is 507 g/mol. The molecular weight excluding hydrogens is 472 g/mol. The SMILES string of the molecule is CC[C@H](c1nnnn1CCc1ccccc1)N(CCc1ccccc1)Cc1cc2cc(C)ccc2[nH]c1=O. The molecule has 0 aliphatic heterocycles. The molecule has 3 aromatic carbocycles. The Kier molecular flexibility index (Phi) is 8.04. The van der Waals surface area contributed by atoms with E-state index in [1.54, 1.807) is 0 Å². The molecule has 0 saturated carbocycles. The van der Waals surface area contributed by atoms with Crippen LogP contribution in [0.2, 0.25) is 0 Å². The Bertz CT molecular complexity index is 1530. The third-order valence-electron chi connectivity index (χ3n) is 7.12. The van der Waals surface area contributed by atoms with E-state index in [1.165, 1.54) is 16.7 Å². The van der Waals surface area contributed by atoms with Gasteiger partial charge < -0.3 is 4.98 Å². The van der Waals surface area contributed by atoms with Gasteiger partial charge in [-0.1, -0.05) is 79.2 Å². The molecule has 2 heterocycles. The maximum Gasteiger partial charge on any atom is 0.252 e. The third-order valence-corrected chi connectivity index (χ3v) is 7.12. The molecule has 0 radical (unpaired) electrons. The highest BCUT2D eigenvalue weighted by Gasteiger charge is 2.25. The summed E-state index contributed by atoms with van der Waals surface area (Å²) < 4.78 is 1.92. The number of nitrogens with one attached hydrogen (secondary N) is 1. The van der Waals surface area contributed by atoms with Crippen molar-refractivity contribution in [2.75, 3.05) is 6.54 Å². The summed E-state index contributed by atoms with van der Waals surface area (Å²) in [6.45, 7) is 6.21. The van der Waals surface area contributed by atoms with E-state index in [0.717, 1.165) is 48.1 Å². The summed E-state index contributed by atoms with van der Waals surface area (Å²) in [5, 5.41) is 13.9. The van der Waals surface area contributed by atoms with Crippen LogP contribution in [0.5, 0.6) is 0 Å². The molecule has 5 rings (SSSR count). The predicted octanol–water partition coefficient (Wildman–Crippen LogP) is 5.26. The van der Waals surface area contributed by atoms with Crippen molar-refractivity contribution in [3.05, 3.63) is 123 Å². The molecule has 0 saturated heterocycles. The van der Waals surface area contributed by atoms with Gasteiger partial charge in [0.15, 0.2) is 5.82 Å². The van der Waals surface area contributed by atoms with Crippen molar-refractivity contribution >= 4 is 10.9 Å². The Hall–Kier alpha value is -4.10. The maximum absolute atomic E-state index is 13.1. The number of aromatic nitrogens is 5. The Labute approximate surface area is 223 Å². The van der Waals surface area contributed by atoms with Crippen molar-refractivity contribution < 1.29 is 0 Å². The van der Waals surface area contributed by atoms with Crippen LogP contribution in [0, 0.1) is 6.92 Å². The Morgan fingerprint density at radius 1 is 0.921 bits per heavy atom. The van der Waals surface area contributed by atoms with E-state index in [0.29, 0.717) is 13.1 Å². The van der Waals surface area contributed by atoms with Crippen molar-refractivity contribution in [1.29, 1.82) is 0 Å². The molecule has 5 aromatic rings. The molecule has 0 bridgehead atoms. The molecule has 7 heteroatoms. The van der Waals surface area contributed by atoms with Crippen molar-refractivity contribution in [3.8, 4) is 0 Å². The van der Waals surface area contributed by atoms with Crippen molar-refractivity contribution in [1.82, 2.24) is 30.1 Å². The van der Waals surface area contributed by atoms with Crippen LogP contribution in [-0.4, -0.2) is 36.6 Å². The number of hydrogen-bond donors (Lipinski definition) is 1. The summed E-state index contributed by atoms with van der Waals surface area (Å²) in [6, 6.07) is 29.0. The fourth-order valence-electron chi connectivity index (χ4n) is 5.06. The second-order valence-electron chi connectivity index (χ2n) is 9.84. The largest absolute Gasteiger partial charge is 0.322 e. The summed E-state index contributed by atoms with van der Waals surface area (Å²) in [5.74, 6) is 0.838. The first-order chi connectivity index (χ1) is 18.6. The molecule has 38 heavy (non-hydrogen) atoms. The number of nitrogens with zero attached hydrogens (tertiary/aromatic N) is 5. The van der Waals surface area contributed by atoms with Gasteiger partial charge in [-0.15, -0.1) is 5.10 Å². The number of fused-ring (bicyclic) bond motifs is 1. The zero-order chi connectivity index (χ0) is 26.3. The number of aromatic amines is 1. The van der Waals surface area contributed by atoms with Crippen molar-refractivity contribution in [2.24, 2.45) is 0 Å². The summed E-state index contributed by atoms with van der Waals surface area (Å²) in [6.07, 6.45) is 2.54. The Balaban J connectivity index is 1.44. The lowest BCUT2D eigenvalue weighted by molar-refractivity contribution is 0.171. The van der Waals surface area contributed by atoms with Crippen LogP contribution in [0.25, 0.3) is 10.9 Å². The third kappa shape index (κ3) is 6.06. The minimum Gasteiger partial charge on any atom is -0.322 e. The maximum atomic E-state index is 13.1. The summed E-state index contributed by atoms with van der Waals surface area (Å²) in [4.78, 5) is 18.6. The Morgan fingerprint density at radius 3 is 2.34 bits per heavy atom. The van der Waals surface area contributed by atoms with Crippen LogP contribution in [0.3, 0.4) is 0 Å². The van der Waals surface area contributed by atoms with E-state index < -0.39 is 0 Å². The summed E-state index contributed by atoms with van der Waals surface area (Å²) in [5.41, 5.74) is 5.24. The van der Waals surface area contributed by atoms with E-state index >= 15 is 0 Å². The molecule has 0 aliphatic rings. The van der Waals surface area contributed by atoms with Crippen LogP contribution in [0.4, 0.5) is 0 Å². The monoisotopic (exact) mass is 506 g/mol. The molecule has 7 nitrogen and oxygen atoms in total. The number of aryl methyl sites for hydroxylation is 3. The molecule has 1 atom stereocenters. The van der Waals surface area contributed by atoms with Crippen LogP contribution >= 0.6 is 0 Å². The van der Waals surface area contributed by atoms with E-state index in [4.69, 9.17) is 0 Å². The van der Waals surface area contributed by atoms with Gasteiger partial charge in [-0.25, -0.2) is 4.68 Å². The molecule has 0 fully saturated rings. The number of rotatable bonds is 11.